The molecule has 0 amide bonds. The number of carbonyl (C=O) groups excluding carboxylic acids is 3. The zero-order chi connectivity index (χ0) is 61.0. The van der Waals surface area contributed by atoms with Crippen molar-refractivity contribution in [3.63, 3.8) is 0 Å². The van der Waals surface area contributed by atoms with E-state index in [9.17, 15) is 10.0 Å². The molecule has 1 N–H and O–H groups in total. The minimum Gasteiger partial charge on any atom is -0.497 e. The Morgan fingerprint density at radius 1 is 0.571 bits per heavy atom. The number of benzene rings is 8. The van der Waals surface area contributed by atoms with Gasteiger partial charge in [0.25, 0.3) is 0 Å². The number of aromatic nitrogens is 4. The van der Waals surface area contributed by atoms with Crippen LogP contribution in [0, 0.1) is 6.92 Å². The van der Waals surface area contributed by atoms with Crippen LogP contribution in [0.3, 0.4) is 0 Å². The lowest BCUT2D eigenvalue weighted by atomic mass is 10.0. The van der Waals surface area contributed by atoms with Gasteiger partial charge in [-0.05, 0) is 171 Å². The van der Waals surface area contributed by atoms with E-state index in [1.807, 2.05) is 84.9 Å². The first-order chi connectivity index (χ1) is 40.3. The van der Waals surface area contributed by atoms with Crippen LogP contribution >= 0.6 is 62.3 Å². The molecule has 0 spiro atoms. The van der Waals surface area contributed by atoms with Gasteiger partial charge in [-0.15, -0.1) is 15.0 Å². The van der Waals surface area contributed by atoms with Crippen molar-refractivity contribution in [3.05, 3.63) is 212 Å². The predicted molar refractivity (Wildman–Crippen MR) is 341 cm³/mol. The van der Waals surface area contributed by atoms with Gasteiger partial charge in [-0.25, -0.2) is 4.79 Å². The van der Waals surface area contributed by atoms with Crippen LogP contribution in [0.2, 0.25) is 20.1 Å². The van der Waals surface area contributed by atoms with Crippen molar-refractivity contribution in [1.82, 2.24) is 24.8 Å². The number of hydrogen-bond donors (Lipinski definition) is 1. The third kappa shape index (κ3) is 18.4. The fourth-order valence-corrected chi connectivity index (χ4v) is 10.4. The molecule has 18 heteroatoms. The number of esters is 1. The summed E-state index contributed by atoms with van der Waals surface area (Å²) < 4.78 is 15.2. The largest absolute Gasteiger partial charge is 0.497 e. The molecule has 0 saturated carbocycles. The molecule has 0 fully saturated rings. The van der Waals surface area contributed by atoms with Gasteiger partial charge in [0.05, 0.1) is 38.3 Å². The smallest absolute Gasteiger partial charge is 0.373 e. The fourth-order valence-electron chi connectivity index (χ4n) is 8.93. The molecular formula is C66H64BrCl4N5O8. The van der Waals surface area contributed by atoms with E-state index in [1.54, 1.807) is 61.5 Å². The van der Waals surface area contributed by atoms with E-state index in [1.165, 1.54) is 12.7 Å². The van der Waals surface area contributed by atoms with Crippen molar-refractivity contribution in [1.29, 1.82) is 0 Å². The predicted octanol–water partition coefficient (Wildman–Crippen LogP) is 17.5. The summed E-state index contributed by atoms with van der Waals surface area (Å²) in [4.78, 5) is 38.3. The Balaban J connectivity index is 0.000000198. The minimum absolute atomic E-state index is 0.250. The van der Waals surface area contributed by atoms with Crippen molar-refractivity contribution >= 4 is 96.0 Å². The highest BCUT2D eigenvalue weighted by Crippen LogP contribution is 2.34. The summed E-state index contributed by atoms with van der Waals surface area (Å²) in [5.41, 5.74) is 10.1. The summed E-state index contributed by atoms with van der Waals surface area (Å²) in [6.45, 7) is 14.8. The average molecular weight is 1280 g/mol. The number of aryl methyl sites for hydroxylation is 1. The summed E-state index contributed by atoms with van der Waals surface area (Å²) in [6.07, 6.45) is 0.250. The van der Waals surface area contributed by atoms with Crippen LogP contribution < -0.4 is 14.3 Å². The third-order valence-electron chi connectivity index (χ3n) is 13.1. The number of alkyl halides is 1. The molecule has 0 radical (unpaired) electrons. The Hall–Kier alpha value is -7.65. The van der Waals surface area contributed by atoms with E-state index in [-0.39, 0.29) is 12.1 Å². The quantitative estimate of drug-likeness (QED) is 0.0630. The molecule has 436 valence electrons. The maximum atomic E-state index is 11.0. The van der Waals surface area contributed by atoms with Crippen LogP contribution in [0.25, 0.3) is 66.6 Å². The fraction of sp³-hybridized carbons (Fsp3) is 0.212. The number of ether oxygens (including phenoxy) is 3. The van der Waals surface area contributed by atoms with Gasteiger partial charge in [-0.2, -0.15) is 9.59 Å². The van der Waals surface area contributed by atoms with Crippen LogP contribution in [0.1, 0.15) is 61.7 Å². The van der Waals surface area contributed by atoms with Gasteiger partial charge < -0.3 is 24.3 Å². The molecule has 0 aliphatic carbocycles. The number of methoxy groups -OCH3 is 3. The first-order valence-corrected chi connectivity index (χ1v) is 29.1. The van der Waals surface area contributed by atoms with Gasteiger partial charge in [0.1, 0.15) is 29.5 Å². The normalized spacial score (nSPS) is 10.6. The van der Waals surface area contributed by atoms with Gasteiger partial charge in [-0.3, -0.25) is 4.90 Å². The van der Waals surface area contributed by atoms with Crippen molar-refractivity contribution < 1.29 is 38.6 Å². The van der Waals surface area contributed by atoms with Crippen molar-refractivity contribution in [3.8, 4) is 56.5 Å². The number of hydrogen-bond acceptors (Lipinski definition) is 11. The Morgan fingerprint density at radius 3 is 1.43 bits per heavy atom. The number of carbonyl (C=O) groups is 1. The second kappa shape index (κ2) is 31.9. The van der Waals surface area contributed by atoms with Crippen molar-refractivity contribution in [2.45, 2.75) is 65.6 Å². The highest BCUT2D eigenvalue weighted by Gasteiger charge is 2.17. The maximum Gasteiger partial charge on any atom is 0.373 e. The Labute approximate surface area is 518 Å². The number of nitrogens with zero attached hydrogens (tertiary/aromatic N) is 5. The molecule has 8 aromatic carbocycles. The monoisotopic (exact) mass is 1270 g/mol. The molecule has 0 bridgehead atoms. The minimum atomic E-state index is -0.295. The highest BCUT2D eigenvalue weighted by molar-refractivity contribution is 9.08. The van der Waals surface area contributed by atoms with Gasteiger partial charge in [0.2, 0.25) is 0 Å². The van der Waals surface area contributed by atoms with Gasteiger partial charge >= 0.3 is 12.1 Å². The lowest BCUT2D eigenvalue weighted by molar-refractivity contribution is -0.191. The number of fused-ring (bicyclic) bond motifs is 2. The molecule has 13 nitrogen and oxygen atoms in total. The van der Waals surface area contributed by atoms with Crippen LogP contribution in [0.15, 0.2) is 170 Å². The molecule has 0 saturated heterocycles. The molecule has 0 atom stereocenters. The maximum absolute atomic E-state index is 11.0. The first-order valence-electron chi connectivity index (χ1n) is 26.5. The molecular weight excluding hydrogens is 1210 g/mol. The third-order valence-corrected chi connectivity index (χ3v) is 14.6. The van der Waals surface area contributed by atoms with Gasteiger partial charge in [0.15, 0.2) is 0 Å². The number of rotatable bonds is 14. The Bertz CT molecular complexity index is 3780. The van der Waals surface area contributed by atoms with E-state index in [2.05, 4.69) is 115 Å². The summed E-state index contributed by atoms with van der Waals surface area (Å²) in [6, 6.07) is 55.3. The molecule has 84 heavy (non-hydrogen) atoms. The van der Waals surface area contributed by atoms with Crippen LogP contribution in [-0.4, -0.2) is 82.1 Å². The average Bonchev–Trinajstić information content (AvgIpc) is 4.26. The second-order valence-electron chi connectivity index (χ2n) is 19.4. The molecule has 10 rings (SSSR count). The summed E-state index contributed by atoms with van der Waals surface area (Å²) >= 11 is 27.9. The first kappa shape index (κ1) is 65.5. The molecule has 0 aliphatic heterocycles. The zero-order valence-electron chi connectivity index (χ0n) is 47.9. The standard InChI is InChI=1S/C28H22Cl2N2O2.C20H14Cl2N2O2.C9H9BrO2.C8H19N.CO2/c1-18-3-5-19(6-4-18)17-34-32-28(16-27(31-32)23-12-24(29)15-25(30)13-23)22-8-7-21-14-26(33-2)10-9-20(21)11-22;1-26-18-5-4-12-6-14(3-2-13(12)9-18)20-11-19(23-24(20)25)15-7-16(21)10-17(22)8-15;1-12-9(11)8-4-2-7(6-10)3-5-8;1-6-9(7(2)3)8(4)5;2-1-3/h3-16H,17H2,1-2H3;2-11,25H,1H3;2-5H,6H2,1H3;7-8H,6H2,1-5H3;. The van der Waals surface area contributed by atoms with E-state index < -0.39 is 0 Å². The summed E-state index contributed by atoms with van der Waals surface area (Å²) in [7, 11) is 4.69. The molecule has 2 aromatic heterocycles. The molecule has 0 unspecified atom stereocenters. The van der Waals surface area contributed by atoms with E-state index in [0.29, 0.717) is 55.7 Å². The molecule has 2 heterocycles. The van der Waals surface area contributed by atoms with Gasteiger partial charge in [-0.1, -0.05) is 152 Å². The highest BCUT2D eigenvalue weighted by atomic mass is 79.9. The van der Waals surface area contributed by atoms with Crippen molar-refractivity contribution in [2.24, 2.45) is 0 Å². The van der Waals surface area contributed by atoms with Crippen LogP contribution in [-0.2, 0) is 26.3 Å². The second-order valence-corrected chi connectivity index (χ2v) is 21.8. The lowest BCUT2D eigenvalue weighted by Gasteiger charge is -2.28. The molecule has 0 aliphatic rings. The number of halogens is 5. The Kier molecular flexibility index (Phi) is 24.8. The van der Waals surface area contributed by atoms with E-state index in [4.69, 9.17) is 75.4 Å². The SMILES string of the molecule is CCN(C(C)C)C(C)C.COC(=O)c1ccc(CBr)cc1.COc1ccc2cc(-c3cc(-c4cc(Cl)cc(Cl)c4)nn3O)ccc2c1.COc1ccc2cc(-c3cc(-c4cc(Cl)cc(Cl)c4)nn3OCc3ccc(C)cc3)ccc2c1.O=C=O. The summed E-state index contributed by atoms with van der Waals surface area (Å²) in [5, 5.41) is 26.4. The van der Waals surface area contributed by atoms with Crippen molar-refractivity contribution in [2.75, 3.05) is 27.9 Å². The van der Waals surface area contributed by atoms with Crippen LogP contribution in [0.4, 0.5) is 0 Å². The summed E-state index contributed by atoms with van der Waals surface area (Å²) in [5.74, 6) is 1.33. The zero-order valence-corrected chi connectivity index (χ0v) is 52.5. The Morgan fingerprint density at radius 2 is 1.00 bits per heavy atom. The lowest BCUT2D eigenvalue weighted by Crippen LogP contribution is -2.36. The topological polar surface area (TPSA) is 147 Å². The van der Waals surface area contributed by atoms with Gasteiger partial charge in [0, 0.05) is 59.8 Å². The van der Waals surface area contributed by atoms with E-state index >= 15 is 0 Å². The van der Waals surface area contributed by atoms with Crippen LogP contribution in [0.5, 0.6) is 11.5 Å². The molecule has 10 aromatic rings. The van der Waals surface area contributed by atoms with E-state index in [0.717, 1.165) is 94.5 Å².